The number of rotatable bonds is 39. The molecule has 0 aromatic rings. The minimum Gasteiger partial charge on any atom is -0.462 e. The van der Waals surface area contributed by atoms with Crippen LogP contribution >= 0.6 is 7.82 Å². The van der Waals surface area contributed by atoms with Crippen LogP contribution in [0.5, 0.6) is 0 Å². The van der Waals surface area contributed by atoms with Gasteiger partial charge < -0.3 is 19.2 Å². The van der Waals surface area contributed by atoms with E-state index in [2.05, 4.69) is 26.0 Å². The van der Waals surface area contributed by atoms with E-state index in [0.717, 1.165) is 57.8 Å². The molecule has 9 nitrogen and oxygen atoms in total. The van der Waals surface area contributed by atoms with Crippen molar-refractivity contribution in [2.75, 3.05) is 47.5 Å². The lowest BCUT2D eigenvalue weighted by Crippen LogP contribution is -2.37. The van der Waals surface area contributed by atoms with Gasteiger partial charge in [-0.05, 0) is 38.5 Å². The minimum atomic E-state index is -4.47. The molecule has 0 aliphatic carbocycles. The Hall–Kier alpha value is -1.09. The Bertz CT molecular complexity index is 922. The molecule has 0 aromatic heterocycles. The predicted molar refractivity (Wildman–Crippen MR) is 215 cm³/mol. The fraction of sp³-hybridized carbons (Fsp3) is 0.905. The highest BCUT2D eigenvalue weighted by Crippen LogP contribution is 2.44. The van der Waals surface area contributed by atoms with Crippen molar-refractivity contribution in [3.63, 3.8) is 0 Å². The summed E-state index contributed by atoms with van der Waals surface area (Å²) in [5.41, 5.74) is 0. The number of ether oxygens (including phenoxy) is 1. The molecule has 0 aliphatic rings. The van der Waals surface area contributed by atoms with Crippen molar-refractivity contribution in [3.8, 4) is 0 Å². The van der Waals surface area contributed by atoms with Crippen molar-refractivity contribution in [3.05, 3.63) is 12.2 Å². The molecule has 0 radical (unpaired) electrons. The zero-order valence-electron chi connectivity index (χ0n) is 34.5. The first-order chi connectivity index (χ1) is 25.0. The second-order valence-corrected chi connectivity index (χ2v) is 17.3. The van der Waals surface area contributed by atoms with Gasteiger partial charge in [0.15, 0.2) is 0 Å². The Morgan fingerprint density at radius 3 is 1.58 bits per heavy atom. The van der Waals surface area contributed by atoms with Crippen molar-refractivity contribution >= 4 is 19.6 Å². The number of carbonyl (C=O) groups excluding carboxylic acids is 2. The molecule has 0 spiro atoms. The Morgan fingerprint density at radius 2 is 1.12 bits per heavy atom. The number of phosphoric acid groups is 1. The highest BCUT2D eigenvalue weighted by Gasteiger charge is 2.31. The number of nitrogens with zero attached hydrogens (tertiary/aromatic N) is 1. The largest absolute Gasteiger partial charge is 0.472 e. The summed E-state index contributed by atoms with van der Waals surface area (Å²) in [5.74, 6) is -1.63. The number of phosphoric ester groups is 1. The van der Waals surface area contributed by atoms with Gasteiger partial charge in [-0.25, -0.2) is 4.57 Å². The van der Waals surface area contributed by atoms with Gasteiger partial charge in [0.05, 0.1) is 27.7 Å². The summed E-state index contributed by atoms with van der Waals surface area (Å²) in [7, 11) is 1.31. The third kappa shape index (κ3) is 33.5. The highest BCUT2D eigenvalue weighted by atomic mass is 31.2. The standard InChI is InChI=1S/C42H82NO8P/c1-6-8-10-12-14-16-18-20-21-22-24-26-28-30-32-34-41(45)40(33-31-29-27-25-23-19-17-15-13-11-9-7-2)42(46)49-38-39(37-44)51-52(47,48)50-36-35-43(3,4)5/h20-21,39-40,44H,6-19,22-38H2,1-5H3/p+1/t39-,40?/m0/s1. The number of likely N-dealkylation sites (N-methyl/N-ethyl adjacent to an activating group) is 1. The SMILES string of the molecule is CCCCCCCCC=CCCCCCCCC(=O)C(CCCCCCCCCCCCCC)C(=O)OC[C@H](CO)OP(=O)(O)OCC[N+](C)(C)C. The summed E-state index contributed by atoms with van der Waals surface area (Å²) >= 11 is 0. The van der Waals surface area contributed by atoms with E-state index in [1.807, 2.05) is 21.1 Å². The number of ketones is 1. The minimum absolute atomic E-state index is 0.0127. The Balaban J connectivity index is 4.69. The maximum atomic E-state index is 13.3. The number of carbonyl (C=O) groups is 2. The monoisotopic (exact) mass is 761 g/mol. The third-order valence-electron chi connectivity index (χ3n) is 9.62. The first-order valence-corrected chi connectivity index (χ1v) is 22.9. The predicted octanol–water partition coefficient (Wildman–Crippen LogP) is 11.0. The second kappa shape index (κ2) is 34.4. The number of quaternary nitrogens is 1. The topological polar surface area (TPSA) is 119 Å². The molecule has 0 saturated heterocycles. The van der Waals surface area contributed by atoms with Crippen LogP contribution in [0.1, 0.15) is 187 Å². The van der Waals surface area contributed by atoms with Crippen LogP contribution in [-0.2, 0) is 27.9 Å². The molecule has 0 rings (SSSR count). The van der Waals surface area contributed by atoms with Gasteiger partial charge in [0.1, 0.15) is 37.6 Å². The van der Waals surface area contributed by atoms with E-state index in [4.69, 9.17) is 13.8 Å². The summed E-state index contributed by atoms with van der Waals surface area (Å²) in [6.45, 7) is 3.89. The molecule has 0 saturated carbocycles. The van der Waals surface area contributed by atoms with E-state index < -0.39 is 39.0 Å². The lowest BCUT2D eigenvalue weighted by atomic mass is 9.92. The van der Waals surface area contributed by atoms with Crippen molar-refractivity contribution in [2.45, 2.75) is 193 Å². The number of esters is 1. The van der Waals surface area contributed by atoms with Crippen molar-refractivity contribution in [1.82, 2.24) is 0 Å². The first-order valence-electron chi connectivity index (χ1n) is 21.4. The van der Waals surface area contributed by atoms with E-state index in [9.17, 15) is 24.2 Å². The van der Waals surface area contributed by atoms with Gasteiger partial charge in [-0.2, -0.15) is 0 Å². The molecule has 10 heteroatoms. The van der Waals surface area contributed by atoms with Crippen LogP contribution in [0.3, 0.4) is 0 Å². The molecule has 0 fully saturated rings. The molecule has 52 heavy (non-hydrogen) atoms. The first kappa shape index (κ1) is 50.9. The van der Waals surface area contributed by atoms with Crippen LogP contribution in [0, 0.1) is 5.92 Å². The number of Topliss-reactive ketones (excluding diaryl/α,β-unsaturated/α-hetero) is 1. The Labute approximate surface area is 320 Å². The number of unbranched alkanes of at least 4 members (excludes halogenated alkanes) is 22. The van der Waals surface area contributed by atoms with Crippen LogP contribution in [0.25, 0.3) is 0 Å². The molecule has 3 atom stereocenters. The smallest absolute Gasteiger partial charge is 0.462 e. The van der Waals surface area contributed by atoms with Crippen LogP contribution in [0.2, 0.25) is 0 Å². The fourth-order valence-electron chi connectivity index (χ4n) is 6.18. The third-order valence-corrected chi connectivity index (χ3v) is 10.7. The van der Waals surface area contributed by atoms with Crippen molar-refractivity contribution in [2.24, 2.45) is 5.92 Å². The molecular weight excluding hydrogens is 677 g/mol. The summed E-state index contributed by atoms with van der Waals surface area (Å²) in [6.07, 6.45) is 33.9. The average Bonchev–Trinajstić information content (AvgIpc) is 3.09. The number of aliphatic hydroxyl groups is 1. The van der Waals surface area contributed by atoms with Crippen LogP contribution in [0.15, 0.2) is 12.2 Å². The Morgan fingerprint density at radius 1 is 0.673 bits per heavy atom. The molecule has 0 aromatic carbocycles. The summed E-state index contributed by atoms with van der Waals surface area (Å²) in [4.78, 5) is 36.6. The molecule has 2 unspecified atom stereocenters. The van der Waals surface area contributed by atoms with Gasteiger partial charge in [-0.15, -0.1) is 0 Å². The summed E-state index contributed by atoms with van der Waals surface area (Å²) in [6, 6.07) is 0. The molecule has 0 heterocycles. The van der Waals surface area contributed by atoms with E-state index in [1.54, 1.807) is 0 Å². The van der Waals surface area contributed by atoms with Crippen LogP contribution in [0.4, 0.5) is 0 Å². The molecular formula is C42H83NO8P+. The van der Waals surface area contributed by atoms with Crippen molar-refractivity contribution < 1.29 is 42.4 Å². The molecule has 0 aliphatic heterocycles. The highest BCUT2D eigenvalue weighted by molar-refractivity contribution is 7.47. The number of hydrogen-bond acceptors (Lipinski definition) is 7. The lowest BCUT2D eigenvalue weighted by Gasteiger charge is -2.25. The van der Waals surface area contributed by atoms with E-state index >= 15 is 0 Å². The maximum Gasteiger partial charge on any atom is 0.472 e. The summed E-state index contributed by atoms with van der Waals surface area (Å²) in [5, 5.41) is 9.76. The maximum absolute atomic E-state index is 13.3. The van der Waals surface area contributed by atoms with Gasteiger partial charge in [-0.3, -0.25) is 18.6 Å². The normalized spacial score (nSPS) is 14.4. The van der Waals surface area contributed by atoms with Crippen molar-refractivity contribution in [1.29, 1.82) is 0 Å². The van der Waals surface area contributed by atoms with Crippen LogP contribution < -0.4 is 0 Å². The van der Waals surface area contributed by atoms with E-state index in [1.165, 1.54) is 103 Å². The molecule has 0 bridgehead atoms. The van der Waals surface area contributed by atoms with Gasteiger partial charge in [0.25, 0.3) is 0 Å². The average molecular weight is 761 g/mol. The van der Waals surface area contributed by atoms with Gasteiger partial charge >= 0.3 is 13.8 Å². The van der Waals surface area contributed by atoms with Crippen LogP contribution in [-0.4, -0.2) is 79.8 Å². The quantitative estimate of drug-likeness (QED) is 0.0159. The molecule has 2 N–H and O–H groups in total. The lowest BCUT2D eigenvalue weighted by molar-refractivity contribution is -0.870. The van der Waals surface area contributed by atoms with Gasteiger partial charge in [-0.1, -0.05) is 154 Å². The Kier molecular flexibility index (Phi) is 33.7. The second-order valence-electron chi connectivity index (χ2n) is 15.9. The number of allylic oxidation sites excluding steroid dienone is 2. The van der Waals surface area contributed by atoms with E-state index in [0.29, 0.717) is 23.9 Å². The summed E-state index contributed by atoms with van der Waals surface area (Å²) < 4.78 is 28.5. The zero-order valence-corrected chi connectivity index (χ0v) is 35.4. The van der Waals surface area contributed by atoms with E-state index in [-0.39, 0.29) is 12.4 Å². The van der Waals surface area contributed by atoms with Gasteiger partial charge in [0.2, 0.25) is 0 Å². The fourth-order valence-corrected chi connectivity index (χ4v) is 7.06. The zero-order chi connectivity index (χ0) is 38.8. The van der Waals surface area contributed by atoms with Gasteiger partial charge in [0, 0.05) is 6.42 Å². The molecule has 308 valence electrons. The molecule has 0 amide bonds. The number of hydrogen-bond donors (Lipinski definition) is 2. The number of aliphatic hydroxyl groups excluding tert-OH is 1.